The molecule has 0 saturated carbocycles. The number of aryl methyl sites for hydroxylation is 1. The van der Waals surface area contributed by atoms with Gasteiger partial charge in [0.15, 0.2) is 12.3 Å². The molecule has 1 aromatic heterocycles. The molecule has 1 fully saturated rings. The second-order valence-electron chi connectivity index (χ2n) is 9.18. The molecule has 2 heterocycles. The number of aromatic amines is 1. The summed E-state index contributed by atoms with van der Waals surface area (Å²) in [6.45, 7) is 6.05. The lowest BCUT2D eigenvalue weighted by Gasteiger charge is -2.27. The fourth-order valence-corrected chi connectivity index (χ4v) is 5.59. The fourth-order valence-electron chi connectivity index (χ4n) is 3.99. The molecule has 1 aliphatic heterocycles. The number of amides is 1. The van der Waals surface area contributed by atoms with Crippen LogP contribution in [-0.2, 0) is 37.9 Å². The van der Waals surface area contributed by atoms with Crippen LogP contribution >= 0.6 is 7.14 Å². The lowest BCUT2D eigenvalue weighted by molar-refractivity contribution is -0.161. The van der Waals surface area contributed by atoms with E-state index < -0.39 is 73.3 Å². The molecule has 0 aliphatic carbocycles. The molecule has 0 radical (unpaired) electrons. The quantitative estimate of drug-likeness (QED) is 0.292. The number of ether oxygens (including phenoxy) is 4. The van der Waals surface area contributed by atoms with E-state index >= 15 is 0 Å². The number of hydrogen-bond donors (Lipinski definition) is 2. The maximum absolute atomic E-state index is 12.7. The first-order chi connectivity index (χ1) is 16.8. The zero-order chi connectivity index (χ0) is 27.2. The Balaban J connectivity index is 2.50. The molecule has 5 atom stereocenters. The summed E-state index contributed by atoms with van der Waals surface area (Å²) in [7, 11) is 0.0727. The van der Waals surface area contributed by atoms with E-state index in [1.165, 1.54) is 27.3 Å². The SMILES string of the molecule is CNC(=O)CO[C@@H]1[C@H](OC(=O)CCC(=O)OC)[C@@H]([C@@H](C)CP(C)(C)=O)O[C@H]1n1cc(C)c(=O)[nH]c1=O. The predicted molar refractivity (Wildman–Crippen MR) is 128 cm³/mol. The number of hydrogen-bond acceptors (Lipinski definition) is 10. The zero-order valence-electron chi connectivity index (χ0n) is 21.3. The number of carbonyl (C=O) groups is 3. The van der Waals surface area contributed by atoms with Gasteiger partial charge in [-0.1, -0.05) is 6.92 Å². The van der Waals surface area contributed by atoms with Crippen LogP contribution in [0.4, 0.5) is 0 Å². The normalized spacial score (nSPS) is 22.6. The van der Waals surface area contributed by atoms with Crippen molar-refractivity contribution < 1.29 is 37.9 Å². The Labute approximate surface area is 208 Å². The summed E-state index contributed by atoms with van der Waals surface area (Å²) in [5.41, 5.74) is -1.14. The average Bonchev–Trinajstić information content (AvgIpc) is 3.14. The van der Waals surface area contributed by atoms with Crippen LogP contribution in [0.2, 0.25) is 0 Å². The van der Waals surface area contributed by atoms with Crippen LogP contribution in [0.5, 0.6) is 0 Å². The molecule has 202 valence electrons. The molecule has 36 heavy (non-hydrogen) atoms. The summed E-state index contributed by atoms with van der Waals surface area (Å²) in [6, 6.07) is 0. The van der Waals surface area contributed by atoms with Gasteiger partial charge in [0.1, 0.15) is 18.8 Å². The maximum atomic E-state index is 12.7. The van der Waals surface area contributed by atoms with Crippen molar-refractivity contribution in [1.82, 2.24) is 14.9 Å². The largest absolute Gasteiger partial charge is 0.469 e. The van der Waals surface area contributed by atoms with Crippen LogP contribution in [0.25, 0.3) is 0 Å². The maximum Gasteiger partial charge on any atom is 0.330 e. The van der Waals surface area contributed by atoms with Crippen molar-refractivity contribution in [2.24, 2.45) is 5.92 Å². The highest BCUT2D eigenvalue weighted by Gasteiger charge is 2.51. The van der Waals surface area contributed by atoms with Gasteiger partial charge in [-0.15, -0.1) is 0 Å². The number of nitrogens with one attached hydrogen (secondary N) is 2. The standard InChI is InChI=1S/C22H34N3O10P/c1-12-9-25(22(30)24-20(12)29)21-19(33-10-14(26)23-3)18(34-16(28)8-7-15(27)32-4)17(35-21)13(2)11-36(5,6)31/h9,13,17-19,21H,7-8,10-11H2,1-6H3,(H,23,26)(H,24,29,30)/t13-,17+,18+,19+,21+/m0/s1. The lowest BCUT2D eigenvalue weighted by Crippen LogP contribution is -2.44. The minimum absolute atomic E-state index is 0.214. The summed E-state index contributed by atoms with van der Waals surface area (Å²) < 4.78 is 35.8. The Hall–Kier alpha value is -2.76. The number of rotatable bonds is 11. The van der Waals surface area contributed by atoms with E-state index in [0.29, 0.717) is 0 Å². The topological polar surface area (TPSA) is 172 Å². The molecule has 0 unspecified atom stereocenters. The highest BCUT2D eigenvalue weighted by atomic mass is 31.2. The molecule has 1 saturated heterocycles. The third kappa shape index (κ3) is 7.87. The van der Waals surface area contributed by atoms with Gasteiger partial charge in [-0.25, -0.2) is 4.79 Å². The highest BCUT2D eigenvalue weighted by Crippen LogP contribution is 2.43. The fraction of sp³-hybridized carbons (Fsp3) is 0.682. The Bertz CT molecular complexity index is 1120. The monoisotopic (exact) mass is 531 g/mol. The van der Waals surface area contributed by atoms with Gasteiger partial charge in [0.05, 0.1) is 27.1 Å². The third-order valence-corrected chi connectivity index (χ3v) is 7.10. The van der Waals surface area contributed by atoms with Gasteiger partial charge in [0, 0.05) is 25.0 Å². The first-order valence-corrected chi connectivity index (χ1v) is 14.2. The molecule has 0 bridgehead atoms. The number of nitrogens with zero attached hydrogens (tertiary/aromatic N) is 1. The molecule has 1 amide bonds. The van der Waals surface area contributed by atoms with Crippen LogP contribution in [0.3, 0.4) is 0 Å². The summed E-state index contributed by atoms with van der Waals surface area (Å²) in [5, 5.41) is 2.41. The van der Waals surface area contributed by atoms with Crippen LogP contribution < -0.4 is 16.6 Å². The number of H-pyrrole nitrogens is 1. The first kappa shape index (κ1) is 29.5. The van der Waals surface area contributed by atoms with Gasteiger partial charge < -0.3 is 28.8 Å². The van der Waals surface area contributed by atoms with E-state index in [-0.39, 0.29) is 24.6 Å². The summed E-state index contributed by atoms with van der Waals surface area (Å²) in [6.07, 6.45) is -3.30. The van der Waals surface area contributed by atoms with Gasteiger partial charge in [-0.2, -0.15) is 0 Å². The molecular weight excluding hydrogens is 497 g/mol. The zero-order valence-corrected chi connectivity index (χ0v) is 22.2. The first-order valence-electron chi connectivity index (χ1n) is 11.4. The van der Waals surface area contributed by atoms with E-state index in [9.17, 15) is 28.5 Å². The summed E-state index contributed by atoms with van der Waals surface area (Å²) >= 11 is 0. The van der Waals surface area contributed by atoms with Crippen molar-refractivity contribution >= 4 is 25.0 Å². The van der Waals surface area contributed by atoms with Crippen LogP contribution in [-0.4, -0.2) is 86.0 Å². The molecule has 13 nitrogen and oxygen atoms in total. The molecule has 1 aliphatic rings. The molecule has 2 rings (SSSR count). The Kier molecular flexibility index (Phi) is 10.2. The van der Waals surface area contributed by atoms with E-state index in [2.05, 4.69) is 15.0 Å². The highest BCUT2D eigenvalue weighted by molar-refractivity contribution is 7.62. The minimum atomic E-state index is -2.54. The Morgan fingerprint density at radius 1 is 1.19 bits per heavy atom. The number of aromatic nitrogens is 2. The van der Waals surface area contributed by atoms with Crippen molar-refractivity contribution in [2.45, 2.75) is 51.2 Å². The molecule has 0 aromatic carbocycles. The third-order valence-electron chi connectivity index (χ3n) is 5.65. The summed E-state index contributed by atoms with van der Waals surface area (Å²) in [5.74, 6) is -2.24. The van der Waals surface area contributed by atoms with E-state index in [1.807, 2.05) is 0 Å². The second kappa shape index (κ2) is 12.5. The predicted octanol–water partition coefficient (Wildman–Crippen LogP) is -0.00258. The number of likely N-dealkylation sites (N-methyl/N-ethyl adjacent to an activating group) is 1. The smallest absolute Gasteiger partial charge is 0.330 e. The van der Waals surface area contributed by atoms with Crippen molar-refractivity contribution in [3.8, 4) is 0 Å². The number of esters is 2. The van der Waals surface area contributed by atoms with Gasteiger partial charge in [0.2, 0.25) is 5.91 Å². The van der Waals surface area contributed by atoms with Crippen molar-refractivity contribution in [1.29, 1.82) is 0 Å². The van der Waals surface area contributed by atoms with Gasteiger partial charge in [0.25, 0.3) is 5.56 Å². The van der Waals surface area contributed by atoms with E-state index in [0.717, 1.165) is 4.57 Å². The molecular formula is C22H34N3O10P. The van der Waals surface area contributed by atoms with E-state index in [4.69, 9.17) is 14.2 Å². The van der Waals surface area contributed by atoms with Gasteiger partial charge in [-0.3, -0.25) is 28.7 Å². The summed E-state index contributed by atoms with van der Waals surface area (Å²) in [4.78, 5) is 62.8. The Morgan fingerprint density at radius 2 is 1.83 bits per heavy atom. The van der Waals surface area contributed by atoms with Gasteiger partial charge >= 0.3 is 17.6 Å². The van der Waals surface area contributed by atoms with Crippen molar-refractivity contribution in [2.75, 3.05) is 40.3 Å². The van der Waals surface area contributed by atoms with E-state index in [1.54, 1.807) is 20.3 Å². The molecule has 2 N–H and O–H groups in total. The number of carbonyl (C=O) groups excluding carboxylic acids is 3. The molecule has 0 spiro atoms. The van der Waals surface area contributed by atoms with Crippen molar-refractivity contribution in [3.63, 3.8) is 0 Å². The lowest BCUT2D eigenvalue weighted by atomic mass is 9.99. The minimum Gasteiger partial charge on any atom is -0.469 e. The molecule has 14 heteroatoms. The van der Waals surface area contributed by atoms with Crippen LogP contribution in [0.1, 0.15) is 31.6 Å². The second-order valence-corrected chi connectivity index (χ2v) is 12.7. The van der Waals surface area contributed by atoms with Crippen LogP contribution in [0, 0.1) is 12.8 Å². The molecule has 1 aromatic rings. The van der Waals surface area contributed by atoms with Gasteiger partial charge in [-0.05, 0) is 26.2 Å². The Morgan fingerprint density at radius 3 is 2.42 bits per heavy atom. The van der Waals surface area contributed by atoms with Crippen LogP contribution in [0.15, 0.2) is 15.8 Å². The number of methoxy groups -OCH3 is 1. The van der Waals surface area contributed by atoms with Crippen molar-refractivity contribution in [3.05, 3.63) is 32.6 Å². The average molecular weight is 531 g/mol.